The fourth-order valence-corrected chi connectivity index (χ4v) is 3.42. The molecule has 1 amide bonds. The molecular weight excluding hydrogens is 252 g/mol. The molecule has 1 heterocycles. The van der Waals surface area contributed by atoms with E-state index in [-0.39, 0.29) is 5.91 Å². The first kappa shape index (κ1) is 15.3. The van der Waals surface area contributed by atoms with Gasteiger partial charge in [0.2, 0.25) is 5.91 Å². The van der Waals surface area contributed by atoms with Gasteiger partial charge in [-0.05, 0) is 70.5 Å². The molecule has 2 rings (SSSR count). The second-order valence-electron chi connectivity index (χ2n) is 6.25. The zero-order valence-corrected chi connectivity index (χ0v) is 12.2. The lowest BCUT2D eigenvalue weighted by molar-refractivity contribution is -0.123. The van der Waals surface area contributed by atoms with E-state index in [0.29, 0.717) is 6.54 Å². The van der Waals surface area contributed by atoms with Gasteiger partial charge >= 0.3 is 0 Å². The number of nitriles is 1. The average molecular weight is 278 g/mol. The van der Waals surface area contributed by atoms with Gasteiger partial charge in [0.15, 0.2) is 0 Å². The van der Waals surface area contributed by atoms with Crippen LogP contribution in [-0.2, 0) is 4.79 Å². The molecular formula is C15H26N4O. The Labute approximate surface area is 121 Å². The van der Waals surface area contributed by atoms with Gasteiger partial charge in [0, 0.05) is 0 Å². The Morgan fingerprint density at radius 1 is 1.35 bits per heavy atom. The second-order valence-corrected chi connectivity index (χ2v) is 6.25. The topological polar surface area (TPSA) is 82.2 Å². The highest BCUT2D eigenvalue weighted by molar-refractivity contribution is 5.79. The summed E-state index contributed by atoms with van der Waals surface area (Å²) in [5.41, 5.74) is 5.00. The van der Waals surface area contributed by atoms with Gasteiger partial charge in [-0.2, -0.15) is 5.26 Å². The van der Waals surface area contributed by atoms with Crippen molar-refractivity contribution in [1.82, 2.24) is 10.2 Å². The SMILES string of the molecule is N#CC1(NC(=O)CN2CCC(CCN)CC2)CCCC1. The first-order chi connectivity index (χ1) is 9.67. The second kappa shape index (κ2) is 7.05. The highest BCUT2D eigenvalue weighted by atomic mass is 16.2. The number of nitrogens with zero attached hydrogens (tertiary/aromatic N) is 2. The number of carbonyl (C=O) groups excluding carboxylic acids is 1. The summed E-state index contributed by atoms with van der Waals surface area (Å²) in [5.74, 6) is 0.727. The predicted molar refractivity (Wildman–Crippen MR) is 77.8 cm³/mol. The summed E-state index contributed by atoms with van der Waals surface area (Å²) in [6.45, 7) is 3.13. The molecule has 1 aliphatic carbocycles. The lowest BCUT2D eigenvalue weighted by atomic mass is 9.93. The molecule has 1 aliphatic heterocycles. The van der Waals surface area contributed by atoms with Crippen LogP contribution in [0.25, 0.3) is 0 Å². The monoisotopic (exact) mass is 278 g/mol. The molecule has 0 spiro atoms. The van der Waals surface area contributed by atoms with E-state index in [1.165, 1.54) is 0 Å². The number of amides is 1. The van der Waals surface area contributed by atoms with Crippen LogP contribution in [0.3, 0.4) is 0 Å². The summed E-state index contributed by atoms with van der Waals surface area (Å²) < 4.78 is 0. The van der Waals surface area contributed by atoms with Crippen molar-refractivity contribution in [2.45, 2.75) is 50.5 Å². The van der Waals surface area contributed by atoms with Crippen molar-refractivity contribution in [3.8, 4) is 6.07 Å². The Balaban J connectivity index is 1.74. The number of nitrogens with one attached hydrogen (secondary N) is 1. The molecule has 2 fully saturated rings. The third-order valence-electron chi connectivity index (χ3n) is 4.70. The Bertz CT molecular complexity index is 363. The largest absolute Gasteiger partial charge is 0.337 e. The third-order valence-corrected chi connectivity index (χ3v) is 4.70. The maximum atomic E-state index is 12.1. The molecule has 20 heavy (non-hydrogen) atoms. The maximum Gasteiger partial charge on any atom is 0.235 e. The Morgan fingerprint density at radius 2 is 2.00 bits per heavy atom. The van der Waals surface area contributed by atoms with Gasteiger partial charge in [-0.25, -0.2) is 0 Å². The van der Waals surface area contributed by atoms with Gasteiger partial charge in [0.05, 0.1) is 12.6 Å². The number of likely N-dealkylation sites (tertiary alicyclic amines) is 1. The van der Waals surface area contributed by atoms with Crippen LogP contribution < -0.4 is 11.1 Å². The van der Waals surface area contributed by atoms with Gasteiger partial charge in [0.25, 0.3) is 0 Å². The number of nitrogens with two attached hydrogens (primary N) is 1. The summed E-state index contributed by atoms with van der Waals surface area (Å²) in [5, 5.41) is 12.2. The molecule has 0 bridgehead atoms. The van der Waals surface area contributed by atoms with Gasteiger partial charge in [-0.3, -0.25) is 9.69 Å². The van der Waals surface area contributed by atoms with E-state index in [4.69, 9.17) is 5.73 Å². The van der Waals surface area contributed by atoms with Gasteiger partial charge in [0.1, 0.15) is 5.54 Å². The summed E-state index contributed by atoms with van der Waals surface area (Å²) in [7, 11) is 0. The predicted octanol–water partition coefficient (Wildman–Crippen LogP) is 1.000. The number of rotatable bonds is 5. The molecule has 3 N–H and O–H groups in total. The zero-order valence-electron chi connectivity index (χ0n) is 12.2. The van der Waals surface area contributed by atoms with Crippen molar-refractivity contribution in [2.75, 3.05) is 26.2 Å². The summed E-state index contributed by atoms with van der Waals surface area (Å²) in [6, 6.07) is 2.31. The standard InChI is InChI=1S/C15H26N4O/c16-8-3-13-4-9-19(10-5-13)11-14(20)18-15(12-17)6-1-2-7-15/h13H,1-11,16H2,(H,18,20). The molecule has 1 saturated carbocycles. The molecule has 2 aliphatic rings. The highest BCUT2D eigenvalue weighted by Crippen LogP contribution is 2.28. The van der Waals surface area contributed by atoms with Crippen LogP contribution in [-0.4, -0.2) is 42.5 Å². The number of hydrogen-bond donors (Lipinski definition) is 2. The van der Waals surface area contributed by atoms with Crippen LogP contribution >= 0.6 is 0 Å². The lowest BCUT2D eigenvalue weighted by Gasteiger charge is -2.32. The van der Waals surface area contributed by atoms with Crippen LogP contribution in [0.5, 0.6) is 0 Å². The van der Waals surface area contributed by atoms with Crippen molar-refractivity contribution in [2.24, 2.45) is 11.7 Å². The van der Waals surface area contributed by atoms with Crippen molar-refractivity contribution < 1.29 is 4.79 Å². The van der Waals surface area contributed by atoms with Crippen LogP contribution in [0.2, 0.25) is 0 Å². The highest BCUT2D eigenvalue weighted by Gasteiger charge is 2.35. The quantitative estimate of drug-likeness (QED) is 0.786. The first-order valence-corrected chi connectivity index (χ1v) is 7.82. The molecule has 0 unspecified atom stereocenters. The van der Waals surface area contributed by atoms with Crippen molar-refractivity contribution in [3.63, 3.8) is 0 Å². The van der Waals surface area contributed by atoms with Crippen LogP contribution in [0.15, 0.2) is 0 Å². The van der Waals surface area contributed by atoms with Crippen LogP contribution in [0.4, 0.5) is 0 Å². The normalized spacial score (nSPS) is 23.4. The molecule has 0 aromatic rings. The van der Waals surface area contributed by atoms with E-state index < -0.39 is 5.54 Å². The Kier molecular flexibility index (Phi) is 5.38. The summed E-state index contributed by atoms with van der Waals surface area (Å²) in [4.78, 5) is 14.3. The van der Waals surface area contributed by atoms with E-state index in [0.717, 1.165) is 70.5 Å². The molecule has 5 heteroatoms. The lowest BCUT2D eigenvalue weighted by Crippen LogP contribution is -2.50. The number of piperidine rings is 1. The fraction of sp³-hybridized carbons (Fsp3) is 0.867. The number of hydrogen-bond acceptors (Lipinski definition) is 4. The van der Waals surface area contributed by atoms with E-state index in [9.17, 15) is 10.1 Å². The molecule has 5 nitrogen and oxygen atoms in total. The smallest absolute Gasteiger partial charge is 0.235 e. The van der Waals surface area contributed by atoms with E-state index in [2.05, 4.69) is 16.3 Å². The minimum Gasteiger partial charge on any atom is -0.337 e. The average Bonchev–Trinajstić information content (AvgIpc) is 2.90. The van der Waals surface area contributed by atoms with Crippen molar-refractivity contribution in [3.05, 3.63) is 0 Å². The van der Waals surface area contributed by atoms with Gasteiger partial charge in [-0.15, -0.1) is 0 Å². The number of carbonyl (C=O) groups is 1. The maximum absolute atomic E-state index is 12.1. The first-order valence-electron chi connectivity index (χ1n) is 7.82. The Morgan fingerprint density at radius 3 is 2.55 bits per heavy atom. The van der Waals surface area contributed by atoms with Gasteiger partial charge < -0.3 is 11.1 Å². The molecule has 0 radical (unpaired) electrons. The van der Waals surface area contributed by atoms with Crippen LogP contribution in [0.1, 0.15) is 44.9 Å². The molecule has 0 aromatic heterocycles. The van der Waals surface area contributed by atoms with E-state index in [1.54, 1.807) is 0 Å². The summed E-state index contributed by atoms with van der Waals surface area (Å²) >= 11 is 0. The van der Waals surface area contributed by atoms with Crippen molar-refractivity contribution >= 4 is 5.91 Å². The minimum absolute atomic E-state index is 0.00530. The summed E-state index contributed by atoms with van der Waals surface area (Å²) in [6.07, 6.45) is 7.04. The van der Waals surface area contributed by atoms with Crippen molar-refractivity contribution in [1.29, 1.82) is 5.26 Å². The van der Waals surface area contributed by atoms with E-state index in [1.807, 2.05) is 0 Å². The Hall–Kier alpha value is -1.12. The zero-order chi connectivity index (χ0) is 14.4. The van der Waals surface area contributed by atoms with Crippen LogP contribution in [0, 0.1) is 17.2 Å². The molecule has 112 valence electrons. The fourth-order valence-electron chi connectivity index (χ4n) is 3.42. The minimum atomic E-state index is -0.588. The molecule has 0 atom stereocenters. The molecule has 1 saturated heterocycles. The van der Waals surface area contributed by atoms with Gasteiger partial charge in [-0.1, -0.05) is 0 Å². The molecule has 0 aromatic carbocycles. The van der Waals surface area contributed by atoms with E-state index >= 15 is 0 Å². The third kappa shape index (κ3) is 3.94.